The predicted molar refractivity (Wildman–Crippen MR) is 67.5 cm³/mol. The Kier molecular flexibility index (Phi) is 5.56. The molecule has 94 valence electrons. The Bertz CT molecular complexity index is 223. The van der Waals surface area contributed by atoms with Crippen molar-refractivity contribution in [3.63, 3.8) is 0 Å². The normalized spacial score (nSPS) is 30.1. The van der Waals surface area contributed by atoms with Crippen molar-refractivity contribution in [2.75, 3.05) is 6.54 Å². The van der Waals surface area contributed by atoms with Gasteiger partial charge in [-0.2, -0.15) is 0 Å². The lowest BCUT2D eigenvalue weighted by Crippen LogP contribution is -2.43. The van der Waals surface area contributed by atoms with Gasteiger partial charge in [0, 0.05) is 12.0 Å². The highest BCUT2D eigenvalue weighted by Crippen LogP contribution is 2.29. The maximum Gasteiger partial charge on any atom is 0.223 e. The Morgan fingerprint density at radius 3 is 2.19 bits per heavy atom. The summed E-state index contributed by atoms with van der Waals surface area (Å²) in [6.07, 6.45) is 8.01. The summed E-state index contributed by atoms with van der Waals surface area (Å²) in [6.45, 7) is 0.789. The van der Waals surface area contributed by atoms with Gasteiger partial charge in [0.2, 0.25) is 5.91 Å². The summed E-state index contributed by atoms with van der Waals surface area (Å²) in [5.41, 5.74) is 5.64. The minimum atomic E-state index is 0. The van der Waals surface area contributed by atoms with Crippen LogP contribution in [0.15, 0.2) is 0 Å². The Morgan fingerprint density at radius 1 is 1.12 bits per heavy atom. The van der Waals surface area contributed by atoms with Crippen LogP contribution in [0.5, 0.6) is 0 Å². The van der Waals surface area contributed by atoms with Crippen LogP contribution >= 0.6 is 12.4 Å². The summed E-state index contributed by atoms with van der Waals surface area (Å²) < 4.78 is 0. The van der Waals surface area contributed by atoms with Crippen molar-refractivity contribution in [3.8, 4) is 0 Å². The molecule has 0 radical (unpaired) electrons. The summed E-state index contributed by atoms with van der Waals surface area (Å²) in [6, 6.07) is 0.490. The fourth-order valence-corrected chi connectivity index (χ4v) is 2.53. The number of halogens is 1. The summed E-state index contributed by atoms with van der Waals surface area (Å²) in [4.78, 5) is 11.9. The van der Waals surface area contributed by atoms with Gasteiger partial charge in [-0.15, -0.1) is 12.4 Å². The van der Waals surface area contributed by atoms with E-state index >= 15 is 0 Å². The fraction of sp³-hybridized carbons (Fsp3) is 0.917. The van der Waals surface area contributed by atoms with Crippen LogP contribution < -0.4 is 11.1 Å². The van der Waals surface area contributed by atoms with Crippen molar-refractivity contribution >= 4 is 18.3 Å². The second-order valence-electron chi connectivity index (χ2n) is 5.09. The topological polar surface area (TPSA) is 55.1 Å². The quantitative estimate of drug-likeness (QED) is 0.799. The van der Waals surface area contributed by atoms with Gasteiger partial charge in [-0.1, -0.05) is 0 Å². The van der Waals surface area contributed by atoms with Gasteiger partial charge in [0.25, 0.3) is 0 Å². The molecule has 2 saturated carbocycles. The monoisotopic (exact) mass is 246 g/mol. The van der Waals surface area contributed by atoms with Gasteiger partial charge in [0.05, 0.1) is 0 Å². The standard InChI is InChI=1S/C12H22N2O.ClH/c13-8-9-4-6-10(7-5-9)12(15)14-11-2-1-3-11;/h9-11H,1-8,13H2,(H,14,15);1H. The first kappa shape index (κ1) is 13.8. The maximum atomic E-state index is 11.9. The van der Waals surface area contributed by atoms with Gasteiger partial charge in [-0.3, -0.25) is 4.79 Å². The molecule has 3 nitrogen and oxygen atoms in total. The van der Waals surface area contributed by atoms with Gasteiger partial charge in [0.15, 0.2) is 0 Å². The van der Waals surface area contributed by atoms with E-state index in [1.165, 1.54) is 19.3 Å². The minimum absolute atomic E-state index is 0. The lowest BCUT2D eigenvalue weighted by atomic mass is 9.81. The van der Waals surface area contributed by atoms with E-state index in [1.807, 2.05) is 0 Å². The summed E-state index contributed by atoms with van der Waals surface area (Å²) in [7, 11) is 0. The van der Waals surface area contributed by atoms with Crippen LogP contribution in [0.25, 0.3) is 0 Å². The van der Waals surface area contributed by atoms with Crippen LogP contribution in [0.1, 0.15) is 44.9 Å². The molecule has 0 saturated heterocycles. The van der Waals surface area contributed by atoms with E-state index < -0.39 is 0 Å². The molecule has 0 aromatic carbocycles. The zero-order valence-corrected chi connectivity index (χ0v) is 10.6. The van der Waals surface area contributed by atoms with E-state index in [1.54, 1.807) is 0 Å². The molecule has 0 aromatic heterocycles. The number of amides is 1. The number of carbonyl (C=O) groups is 1. The number of nitrogens with two attached hydrogens (primary N) is 1. The first-order chi connectivity index (χ1) is 7.29. The van der Waals surface area contributed by atoms with Crippen LogP contribution in [0.2, 0.25) is 0 Å². The average Bonchev–Trinajstić information content (AvgIpc) is 2.23. The fourth-order valence-electron chi connectivity index (χ4n) is 2.53. The minimum Gasteiger partial charge on any atom is -0.353 e. The maximum absolute atomic E-state index is 11.9. The molecule has 0 aliphatic heterocycles. The Labute approximate surface area is 104 Å². The van der Waals surface area contributed by atoms with Crippen molar-refractivity contribution in [2.24, 2.45) is 17.6 Å². The first-order valence-electron chi connectivity index (χ1n) is 6.30. The van der Waals surface area contributed by atoms with Crippen LogP contribution in [0, 0.1) is 11.8 Å². The Morgan fingerprint density at radius 2 is 1.75 bits per heavy atom. The highest BCUT2D eigenvalue weighted by atomic mass is 35.5. The van der Waals surface area contributed by atoms with Gasteiger partial charge in [-0.05, 0) is 57.4 Å². The zero-order chi connectivity index (χ0) is 10.7. The predicted octanol–water partition coefficient (Wildman–Crippen LogP) is 1.84. The summed E-state index contributed by atoms with van der Waals surface area (Å²) in [5.74, 6) is 1.24. The molecule has 2 aliphatic rings. The van der Waals surface area contributed by atoms with Crippen molar-refractivity contribution in [2.45, 2.75) is 51.0 Å². The smallest absolute Gasteiger partial charge is 0.223 e. The Hall–Kier alpha value is -0.280. The first-order valence-corrected chi connectivity index (χ1v) is 6.30. The number of hydrogen-bond donors (Lipinski definition) is 2. The second-order valence-corrected chi connectivity index (χ2v) is 5.09. The molecule has 0 atom stereocenters. The van der Waals surface area contributed by atoms with Crippen molar-refractivity contribution < 1.29 is 4.79 Å². The highest BCUT2D eigenvalue weighted by molar-refractivity contribution is 5.85. The third-order valence-corrected chi connectivity index (χ3v) is 4.00. The summed E-state index contributed by atoms with van der Waals surface area (Å²) >= 11 is 0. The SMILES string of the molecule is Cl.NCC1CCC(C(=O)NC2CCC2)CC1. The van der Waals surface area contributed by atoms with Crippen LogP contribution in [-0.4, -0.2) is 18.5 Å². The largest absolute Gasteiger partial charge is 0.353 e. The Balaban J connectivity index is 0.00000128. The van der Waals surface area contributed by atoms with E-state index in [-0.39, 0.29) is 18.3 Å². The number of carbonyl (C=O) groups excluding carboxylic acids is 1. The molecule has 3 N–H and O–H groups in total. The molecule has 2 aliphatic carbocycles. The molecule has 16 heavy (non-hydrogen) atoms. The molecule has 0 bridgehead atoms. The molecule has 1 amide bonds. The number of hydrogen-bond acceptors (Lipinski definition) is 2. The van der Waals surface area contributed by atoms with Crippen LogP contribution in [-0.2, 0) is 4.79 Å². The van der Waals surface area contributed by atoms with Crippen molar-refractivity contribution in [1.29, 1.82) is 0 Å². The van der Waals surface area contributed by atoms with E-state index in [0.717, 1.165) is 32.2 Å². The molecule has 0 heterocycles. The van der Waals surface area contributed by atoms with E-state index in [9.17, 15) is 4.79 Å². The van der Waals surface area contributed by atoms with E-state index in [4.69, 9.17) is 5.73 Å². The molecule has 4 heteroatoms. The average molecular weight is 247 g/mol. The third kappa shape index (κ3) is 3.36. The number of rotatable bonds is 3. The molecule has 0 unspecified atom stereocenters. The number of nitrogens with one attached hydrogen (secondary N) is 1. The van der Waals surface area contributed by atoms with Crippen molar-refractivity contribution in [1.82, 2.24) is 5.32 Å². The molecule has 0 spiro atoms. The van der Waals surface area contributed by atoms with E-state index in [0.29, 0.717) is 17.9 Å². The van der Waals surface area contributed by atoms with Crippen LogP contribution in [0.3, 0.4) is 0 Å². The van der Waals surface area contributed by atoms with Crippen LogP contribution in [0.4, 0.5) is 0 Å². The second kappa shape index (κ2) is 6.45. The molecule has 2 fully saturated rings. The lowest BCUT2D eigenvalue weighted by Gasteiger charge is -2.31. The van der Waals surface area contributed by atoms with Gasteiger partial charge in [0.1, 0.15) is 0 Å². The molecule has 0 aromatic rings. The molecular formula is C12H23ClN2O. The summed E-state index contributed by atoms with van der Waals surface area (Å²) in [5, 5.41) is 3.15. The van der Waals surface area contributed by atoms with Gasteiger partial charge in [-0.25, -0.2) is 0 Å². The molecular weight excluding hydrogens is 224 g/mol. The van der Waals surface area contributed by atoms with E-state index in [2.05, 4.69) is 5.32 Å². The van der Waals surface area contributed by atoms with Gasteiger partial charge >= 0.3 is 0 Å². The van der Waals surface area contributed by atoms with Crippen molar-refractivity contribution in [3.05, 3.63) is 0 Å². The third-order valence-electron chi connectivity index (χ3n) is 4.00. The highest BCUT2D eigenvalue weighted by Gasteiger charge is 2.28. The lowest BCUT2D eigenvalue weighted by molar-refractivity contribution is -0.127. The van der Waals surface area contributed by atoms with Gasteiger partial charge < -0.3 is 11.1 Å². The molecule has 2 rings (SSSR count). The zero-order valence-electron chi connectivity index (χ0n) is 9.78.